The Hall–Kier alpha value is -7.35. The van der Waals surface area contributed by atoms with Crippen LogP contribution < -0.4 is 0 Å². The van der Waals surface area contributed by atoms with Crippen LogP contribution in [0.3, 0.4) is 0 Å². The molecule has 2 N–H and O–H groups in total. The van der Waals surface area contributed by atoms with Crippen LogP contribution >= 0.6 is 0 Å². The van der Waals surface area contributed by atoms with E-state index in [1.807, 2.05) is 91.0 Å². The molecule has 4 aliphatic heterocycles. The van der Waals surface area contributed by atoms with Crippen molar-refractivity contribution in [1.82, 2.24) is 4.90 Å². The number of ether oxygens (including phenoxy) is 13. The molecule has 4 heterocycles. The van der Waals surface area contributed by atoms with Crippen LogP contribution in [0.4, 0.5) is 4.39 Å². The highest BCUT2D eigenvalue weighted by molar-refractivity contribution is 5.90. The lowest BCUT2D eigenvalue weighted by Gasteiger charge is -2.29. The first-order valence-corrected chi connectivity index (χ1v) is 31.8. The third-order valence-corrected chi connectivity index (χ3v) is 16.8. The molecule has 0 radical (unpaired) electrons. The number of carbonyl (C=O) groups is 4. The van der Waals surface area contributed by atoms with E-state index in [4.69, 9.17) is 61.6 Å². The van der Waals surface area contributed by atoms with Crippen molar-refractivity contribution in [1.29, 1.82) is 0 Å². The average Bonchev–Trinajstić information content (AvgIpc) is 1.67. The van der Waals surface area contributed by atoms with Gasteiger partial charge in [-0.05, 0) is 65.9 Å². The SMILES string of the molecule is COC(=O)CCCCCCCCO[C@H]1O[C@H](CO[C@H]2O[C@H](CO[C@H]3O[C@H](CN4C[C@@H](F)[C@H](O)[C@H]4CO)[C@@H](OCc4ccccc4)[C@@H]3OC(=O)c3ccccc3)[C@@H](OCc3ccccc3)[C@@H]2OC(=O)c2ccccc2)[C@@H](OCc2ccccc2)[C@@H]1OC(=O)c1ccccc1. The summed E-state index contributed by atoms with van der Waals surface area (Å²) in [7, 11) is 1.38. The van der Waals surface area contributed by atoms with E-state index in [-0.39, 0.29) is 69.8 Å². The summed E-state index contributed by atoms with van der Waals surface area (Å²) in [6.07, 6.45) is -11.8. The third kappa shape index (κ3) is 19.2. The van der Waals surface area contributed by atoms with Gasteiger partial charge in [0.15, 0.2) is 37.2 Å². The lowest BCUT2D eigenvalue weighted by Crippen LogP contribution is -2.47. The number of halogens is 1. The van der Waals surface area contributed by atoms with E-state index in [1.165, 1.54) is 7.11 Å². The number of alkyl halides is 1. The normalized spacial score (nSPS) is 26.8. The zero-order valence-electron chi connectivity index (χ0n) is 52.0. The van der Waals surface area contributed by atoms with Gasteiger partial charge in [-0.25, -0.2) is 18.8 Å². The minimum absolute atomic E-state index is 0.0134. The summed E-state index contributed by atoms with van der Waals surface area (Å²) in [6.45, 7) is -1.11. The number of likely N-dealkylation sites (tertiary alicyclic amines) is 1. The summed E-state index contributed by atoms with van der Waals surface area (Å²) in [5, 5.41) is 21.2. The number of nitrogens with zero attached hydrogens (tertiary/aromatic N) is 1. The van der Waals surface area contributed by atoms with Crippen LogP contribution in [0, 0.1) is 0 Å². The quantitative estimate of drug-likeness (QED) is 0.0218. The van der Waals surface area contributed by atoms with Gasteiger partial charge in [0.25, 0.3) is 0 Å². The Balaban J connectivity index is 0.940. The molecular weight excluding hydrogens is 1200 g/mol. The van der Waals surface area contributed by atoms with Gasteiger partial charge >= 0.3 is 23.9 Å². The molecule has 0 unspecified atom stereocenters. The van der Waals surface area contributed by atoms with E-state index < -0.39 is 117 Å². The molecule has 0 spiro atoms. The molecule has 0 aromatic heterocycles. The molecule has 0 saturated carbocycles. The first kappa shape index (κ1) is 68.5. The minimum atomic E-state index is -1.66. The van der Waals surface area contributed by atoms with Crippen molar-refractivity contribution in [2.24, 2.45) is 0 Å². The molecule has 4 saturated heterocycles. The second-order valence-corrected chi connectivity index (χ2v) is 23.3. The average molecular weight is 1280 g/mol. The summed E-state index contributed by atoms with van der Waals surface area (Å²) in [5.41, 5.74) is 3.16. The zero-order valence-corrected chi connectivity index (χ0v) is 52.0. The molecule has 20 nitrogen and oxygen atoms in total. The third-order valence-electron chi connectivity index (χ3n) is 16.8. The molecule has 15 atom stereocenters. The van der Waals surface area contributed by atoms with Gasteiger partial charge < -0.3 is 71.8 Å². The van der Waals surface area contributed by atoms with Crippen molar-refractivity contribution < 1.29 is 95.4 Å². The van der Waals surface area contributed by atoms with Gasteiger partial charge in [-0.2, -0.15) is 0 Å². The van der Waals surface area contributed by atoms with Gasteiger partial charge in [-0.3, -0.25) is 9.69 Å². The molecule has 4 fully saturated rings. The predicted octanol–water partition coefficient (Wildman–Crippen LogP) is 8.92. The van der Waals surface area contributed by atoms with Crippen LogP contribution in [0.1, 0.15) is 92.7 Å². The number of esters is 4. The molecule has 6 aromatic rings. The lowest BCUT2D eigenvalue weighted by molar-refractivity contribution is -0.219. The number of carbonyl (C=O) groups excluding carboxylic acids is 4. The van der Waals surface area contributed by atoms with Gasteiger partial charge in [-0.1, -0.05) is 171 Å². The van der Waals surface area contributed by atoms with E-state index >= 15 is 4.39 Å². The smallest absolute Gasteiger partial charge is 0.338 e. The standard InChI is InChI=1S/C72H82FNO19/c1-81-59(76)38-24-4-2-3-5-25-39-82-70-65(92-68(79)52-34-20-10-21-35-52)62(84-44-49-28-14-7-15-29-49)57(89-70)46-87-72-66(93-69(80)53-36-22-11-23-37-53)63(85-45-50-30-16-8-17-31-50)58(90-72)47-86-71-64(91-67(78)51-32-18-9-19-33-51)61(83-43-48-26-12-6-13-27-48)56(88-71)41-74-40-54(73)60(77)55(74)42-75/h6-23,26-37,54-58,60-66,70-72,75,77H,2-5,24-25,38-47H2,1H3/t54-,55-,56-,57-,58-,60+,61-,62-,63-,64+,65+,66+,70+,71+,72+/m1/s1. The predicted molar refractivity (Wildman–Crippen MR) is 334 cm³/mol. The van der Waals surface area contributed by atoms with Crippen molar-refractivity contribution in [2.45, 2.75) is 157 Å². The number of aliphatic hydroxyl groups is 2. The molecular formula is C72H82FNO19. The van der Waals surface area contributed by atoms with E-state index in [9.17, 15) is 29.4 Å². The number of rotatable bonds is 34. The second kappa shape index (κ2) is 35.2. The number of unbranched alkanes of at least 4 members (excludes halogenated alkanes) is 5. The minimum Gasteiger partial charge on any atom is -0.469 e. The zero-order chi connectivity index (χ0) is 64.7. The molecule has 6 aromatic carbocycles. The molecule has 0 amide bonds. The van der Waals surface area contributed by atoms with Crippen LogP contribution in [0.25, 0.3) is 0 Å². The van der Waals surface area contributed by atoms with Gasteiger partial charge in [0.2, 0.25) is 0 Å². The Bertz CT molecular complexity index is 3200. The number of aliphatic hydroxyl groups excluding tert-OH is 2. The van der Waals surface area contributed by atoms with Gasteiger partial charge in [0.05, 0.1) is 69.5 Å². The summed E-state index contributed by atoms with van der Waals surface area (Å²) < 4.78 is 99.4. The molecule has 0 bridgehead atoms. The second-order valence-electron chi connectivity index (χ2n) is 23.3. The summed E-state index contributed by atoms with van der Waals surface area (Å²) in [5.74, 6) is -2.29. The van der Waals surface area contributed by atoms with Crippen molar-refractivity contribution >= 4 is 23.9 Å². The number of hydrogen-bond donors (Lipinski definition) is 2. The number of methoxy groups -OCH3 is 1. The topological polar surface area (TPSA) is 232 Å². The van der Waals surface area contributed by atoms with Gasteiger partial charge in [0, 0.05) is 26.1 Å². The van der Waals surface area contributed by atoms with Gasteiger partial charge in [-0.15, -0.1) is 0 Å². The summed E-state index contributed by atoms with van der Waals surface area (Å²) in [6, 6.07) is 52.5. The Labute approximate surface area is 540 Å². The van der Waals surface area contributed by atoms with E-state index in [0.717, 1.165) is 48.8 Å². The van der Waals surface area contributed by atoms with Crippen molar-refractivity contribution in [3.8, 4) is 0 Å². The van der Waals surface area contributed by atoms with Crippen LogP contribution in [-0.2, 0) is 86.2 Å². The maximum absolute atomic E-state index is 15.2. The van der Waals surface area contributed by atoms with Crippen molar-refractivity contribution in [3.05, 3.63) is 215 Å². The molecule has 10 rings (SSSR count). The van der Waals surface area contributed by atoms with Crippen molar-refractivity contribution in [2.75, 3.05) is 46.6 Å². The van der Waals surface area contributed by atoms with Crippen LogP contribution in [0.15, 0.2) is 182 Å². The fraction of sp³-hybridized carbons (Fsp3) is 0.444. The number of benzene rings is 6. The van der Waals surface area contributed by atoms with Gasteiger partial charge in [0.1, 0.15) is 48.9 Å². The van der Waals surface area contributed by atoms with Crippen LogP contribution in [-0.4, -0.2) is 178 Å². The molecule has 0 aliphatic carbocycles. The lowest BCUT2D eigenvalue weighted by atomic mass is 10.1. The van der Waals surface area contributed by atoms with E-state index in [1.54, 1.807) is 95.9 Å². The first-order chi connectivity index (χ1) is 45.5. The summed E-state index contributed by atoms with van der Waals surface area (Å²) >= 11 is 0. The first-order valence-electron chi connectivity index (χ1n) is 31.8. The molecule has 21 heteroatoms. The Morgan fingerprint density at radius 1 is 0.462 bits per heavy atom. The Kier molecular flexibility index (Phi) is 26.0. The number of hydrogen-bond acceptors (Lipinski definition) is 20. The molecule has 93 heavy (non-hydrogen) atoms. The largest absolute Gasteiger partial charge is 0.469 e. The highest BCUT2D eigenvalue weighted by atomic mass is 19.1. The van der Waals surface area contributed by atoms with E-state index in [2.05, 4.69) is 0 Å². The maximum Gasteiger partial charge on any atom is 0.338 e. The fourth-order valence-corrected chi connectivity index (χ4v) is 11.8. The monoisotopic (exact) mass is 1280 g/mol. The van der Waals surface area contributed by atoms with Crippen LogP contribution in [0.2, 0.25) is 0 Å². The van der Waals surface area contributed by atoms with Crippen molar-refractivity contribution in [3.63, 3.8) is 0 Å². The molecule has 496 valence electrons. The van der Waals surface area contributed by atoms with E-state index in [0.29, 0.717) is 18.4 Å². The summed E-state index contributed by atoms with van der Waals surface area (Å²) in [4.78, 5) is 55.8. The molecule has 4 aliphatic rings. The van der Waals surface area contributed by atoms with Crippen LogP contribution in [0.5, 0.6) is 0 Å². The highest BCUT2D eigenvalue weighted by Crippen LogP contribution is 2.37. The maximum atomic E-state index is 15.2. The fourth-order valence-electron chi connectivity index (χ4n) is 11.8. The Morgan fingerprint density at radius 2 is 0.817 bits per heavy atom. The Morgan fingerprint density at radius 3 is 1.22 bits per heavy atom. The highest BCUT2D eigenvalue weighted by Gasteiger charge is 2.55.